The lowest BCUT2D eigenvalue weighted by Gasteiger charge is -2.25. The summed E-state index contributed by atoms with van der Waals surface area (Å²) in [7, 11) is 1.85. The first kappa shape index (κ1) is 17.5. The Morgan fingerprint density at radius 1 is 1.38 bits per heavy atom. The topological polar surface area (TPSA) is 71.3 Å². The molecule has 2 aliphatic heterocycles. The minimum Gasteiger partial charge on any atom is -0.385 e. The molecule has 2 aromatic rings. The highest BCUT2D eigenvalue weighted by Crippen LogP contribution is 2.30. The summed E-state index contributed by atoms with van der Waals surface area (Å²) >= 11 is 0. The Hall–Kier alpha value is -1.89. The van der Waals surface area contributed by atoms with E-state index in [1.54, 1.807) is 4.90 Å². The van der Waals surface area contributed by atoms with Gasteiger partial charge in [0.05, 0.1) is 6.54 Å². The van der Waals surface area contributed by atoms with E-state index in [-0.39, 0.29) is 5.91 Å². The molecule has 1 aromatic heterocycles. The second kappa shape index (κ2) is 7.39. The number of para-hydroxylation sites is 1. The highest BCUT2D eigenvalue weighted by Gasteiger charge is 2.29. The zero-order valence-electron chi connectivity index (χ0n) is 15.4. The number of rotatable bonds is 6. The molecule has 0 spiro atoms. The maximum Gasteiger partial charge on any atom is 0.270 e. The number of hydrogen-bond acceptors (Lipinski definition) is 3. The van der Waals surface area contributed by atoms with Gasteiger partial charge in [-0.3, -0.25) is 4.79 Å². The Labute approximate surface area is 153 Å². The minimum atomic E-state index is -0.503. The van der Waals surface area contributed by atoms with E-state index in [2.05, 4.69) is 11.4 Å². The molecular weight excluding hydrogens is 330 g/mol. The predicted octanol–water partition coefficient (Wildman–Crippen LogP) is 0.373. The molecule has 4 rings (SSSR count). The molecule has 140 valence electrons. The van der Waals surface area contributed by atoms with Crippen molar-refractivity contribution in [2.75, 3.05) is 33.3 Å². The van der Waals surface area contributed by atoms with E-state index in [1.165, 1.54) is 0 Å². The third-order valence-electron chi connectivity index (χ3n) is 5.61. The second-order valence-electron chi connectivity index (χ2n) is 7.48. The highest BCUT2D eigenvalue weighted by molar-refractivity contribution is 6.02. The lowest BCUT2D eigenvalue weighted by molar-refractivity contribution is -0.666. The first-order valence-corrected chi connectivity index (χ1v) is 9.62. The van der Waals surface area contributed by atoms with E-state index >= 15 is 0 Å². The van der Waals surface area contributed by atoms with Crippen LogP contribution in [-0.4, -0.2) is 66.0 Å². The number of carbonyl (C=O) groups excluding carboxylic acids is 1. The maximum atomic E-state index is 12.8. The van der Waals surface area contributed by atoms with Gasteiger partial charge in [-0.25, -0.2) is 0 Å². The predicted molar refractivity (Wildman–Crippen MR) is 99.2 cm³/mol. The molecule has 1 saturated heterocycles. The van der Waals surface area contributed by atoms with Crippen LogP contribution in [0.1, 0.15) is 28.9 Å². The molecule has 6 nitrogen and oxygen atoms in total. The van der Waals surface area contributed by atoms with E-state index in [4.69, 9.17) is 4.74 Å². The number of amides is 1. The average molecular weight is 358 g/mol. The van der Waals surface area contributed by atoms with Crippen LogP contribution < -0.4 is 5.32 Å². The number of nitrogens with two attached hydrogens (primary N) is 1. The van der Waals surface area contributed by atoms with Gasteiger partial charge < -0.3 is 24.6 Å². The Morgan fingerprint density at radius 3 is 3.04 bits per heavy atom. The van der Waals surface area contributed by atoms with Crippen LogP contribution in [0.4, 0.5) is 0 Å². The summed E-state index contributed by atoms with van der Waals surface area (Å²) in [4.78, 5) is 14.5. The molecule has 1 amide bonds. The van der Waals surface area contributed by atoms with Crippen molar-refractivity contribution in [1.82, 2.24) is 9.47 Å². The van der Waals surface area contributed by atoms with Crippen LogP contribution in [0.15, 0.2) is 24.3 Å². The molecule has 2 atom stereocenters. The van der Waals surface area contributed by atoms with Crippen molar-refractivity contribution in [3.8, 4) is 0 Å². The summed E-state index contributed by atoms with van der Waals surface area (Å²) in [6.45, 7) is 3.56. The van der Waals surface area contributed by atoms with Crippen LogP contribution >= 0.6 is 0 Å². The van der Waals surface area contributed by atoms with Gasteiger partial charge in [-0.15, -0.1) is 0 Å². The summed E-state index contributed by atoms with van der Waals surface area (Å²) in [6.07, 6.45) is 2.93. The smallest absolute Gasteiger partial charge is 0.270 e. The number of benzene rings is 1. The summed E-state index contributed by atoms with van der Waals surface area (Å²) in [5.41, 5.74) is 2.91. The molecule has 3 heterocycles. The van der Waals surface area contributed by atoms with Crippen molar-refractivity contribution < 1.29 is 20.0 Å². The Kier molecular flexibility index (Phi) is 4.98. The number of fused-ring (bicyclic) bond motifs is 3. The SMILES string of the molecule is CN1CCc2c(n(C[C@H](O)C[NH2+]C[C@@H]3CCCO3)c3ccccc23)C1=O. The number of likely N-dealkylation sites (N-methyl/N-ethyl adjacent to an activating group) is 1. The molecule has 0 unspecified atom stereocenters. The fourth-order valence-electron chi connectivity index (χ4n) is 4.21. The molecule has 0 aliphatic carbocycles. The highest BCUT2D eigenvalue weighted by atomic mass is 16.5. The largest absolute Gasteiger partial charge is 0.385 e. The van der Waals surface area contributed by atoms with Gasteiger partial charge in [0.15, 0.2) is 0 Å². The molecule has 2 aliphatic rings. The summed E-state index contributed by atoms with van der Waals surface area (Å²) in [6, 6.07) is 8.14. The molecule has 1 aromatic carbocycles. The van der Waals surface area contributed by atoms with Gasteiger partial charge in [-0.05, 0) is 30.9 Å². The van der Waals surface area contributed by atoms with Gasteiger partial charge in [0, 0.05) is 31.1 Å². The number of aliphatic hydroxyl groups is 1. The Bertz CT molecular complexity index is 795. The summed E-state index contributed by atoms with van der Waals surface area (Å²) in [5, 5.41) is 13.9. The molecule has 0 saturated carbocycles. The third kappa shape index (κ3) is 3.24. The molecular formula is C20H28N3O3+. The van der Waals surface area contributed by atoms with Crippen molar-refractivity contribution in [3.63, 3.8) is 0 Å². The first-order chi connectivity index (χ1) is 12.6. The maximum absolute atomic E-state index is 12.8. The van der Waals surface area contributed by atoms with Gasteiger partial charge in [-0.2, -0.15) is 0 Å². The molecule has 3 N–H and O–H groups in total. The van der Waals surface area contributed by atoms with E-state index in [9.17, 15) is 9.90 Å². The normalized spacial score (nSPS) is 21.4. The summed E-state index contributed by atoms with van der Waals surface area (Å²) < 4.78 is 7.65. The molecule has 6 heteroatoms. The number of nitrogens with zero attached hydrogens (tertiary/aromatic N) is 2. The van der Waals surface area contributed by atoms with Crippen LogP contribution in [0.2, 0.25) is 0 Å². The van der Waals surface area contributed by atoms with Gasteiger partial charge >= 0.3 is 0 Å². The van der Waals surface area contributed by atoms with Crippen LogP contribution in [0.25, 0.3) is 10.9 Å². The van der Waals surface area contributed by atoms with Gasteiger partial charge in [0.1, 0.15) is 31.0 Å². The zero-order valence-corrected chi connectivity index (χ0v) is 15.4. The Balaban J connectivity index is 1.53. The van der Waals surface area contributed by atoms with Crippen molar-refractivity contribution in [1.29, 1.82) is 0 Å². The lowest BCUT2D eigenvalue weighted by Crippen LogP contribution is -2.88. The van der Waals surface area contributed by atoms with Crippen molar-refractivity contribution in [2.24, 2.45) is 0 Å². The fourth-order valence-corrected chi connectivity index (χ4v) is 4.21. The van der Waals surface area contributed by atoms with E-state index in [0.29, 0.717) is 19.2 Å². The monoisotopic (exact) mass is 358 g/mol. The number of quaternary nitrogens is 1. The van der Waals surface area contributed by atoms with Crippen molar-refractivity contribution in [2.45, 2.75) is 38.0 Å². The molecule has 0 bridgehead atoms. The number of carbonyl (C=O) groups is 1. The van der Waals surface area contributed by atoms with E-state index in [0.717, 1.165) is 61.1 Å². The lowest BCUT2D eigenvalue weighted by atomic mass is 10.0. The number of aromatic nitrogens is 1. The van der Waals surface area contributed by atoms with Gasteiger partial charge in [0.25, 0.3) is 5.91 Å². The number of aliphatic hydroxyl groups excluding tert-OH is 1. The van der Waals surface area contributed by atoms with E-state index < -0.39 is 6.10 Å². The molecule has 0 radical (unpaired) electrons. The standard InChI is InChI=1S/C20H27N3O3/c1-22-9-8-17-16-6-2-3-7-18(16)23(19(17)20(22)25)13-14(24)11-21-12-15-5-4-10-26-15/h2-3,6-7,14-15,21,24H,4-5,8-13H2,1H3/p+1/t14-,15+/m1/s1. The fraction of sp³-hybridized carbons (Fsp3) is 0.550. The number of ether oxygens (including phenoxy) is 1. The number of hydrogen-bond donors (Lipinski definition) is 2. The second-order valence-corrected chi connectivity index (χ2v) is 7.48. The molecule has 1 fully saturated rings. The van der Waals surface area contributed by atoms with Gasteiger partial charge in [-0.1, -0.05) is 18.2 Å². The Morgan fingerprint density at radius 2 is 2.23 bits per heavy atom. The van der Waals surface area contributed by atoms with Crippen LogP contribution in [0.5, 0.6) is 0 Å². The van der Waals surface area contributed by atoms with Crippen molar-refractivity contribution >= 4 is 16.8 Å². The average Bonchev–Trinajstić information content (AvgIpc) is 3.26. The quantitative estimate of drug-likeness (QED) is 0.784. The van der Waals surface area contributed by atoms with E-state index in [1.807, 2.05) is 29.8 Å². The van der Waals surface area contributed by atoms with Gasteiger partial charge in [0.2, 0.25) is 0 Å². The first-order valence-electron chi connectivity index (χ1n) is 9.62. The van der Waals surface area contributed by atoms with Crippen LogP contribution in [0, 0.1) is 0 Å². The minimum absolute atomic E-state index is 0.0537. The van der Waals surface area contributed by atoms with Crippen LogP contribution in [-0.2, 0) is 17.7 Å². The van der Waals surface area contributed by atoms with Crippen LogP contribution in [0.3, 0.4) is 0 Å². The zero-order chi connectivity index (χ0) is 18.1. The van der Waals surface area contributed by atoms with Crippen molar-refractivity contribution in [3.05, 3.63) is 35.5 Å². The summed E-state index contributed by atoms with van der Waals surface area (Å²) in [5.74, 6) is 0.0537. The molecule has 26 heavy (non-hydrogen) atoms. The third-order valence-corrected chi connectivity index (χ3v) is 5.61.